The van der Waals surface area contributed by atoms with Gasteiger partial charge in [-0.2, -0.15) is 5.26 Å². The van der Waals surface area contributed by atoms with Crippen molar-refractivity contribution in [2.45, 2.75) is 19.0 Å². The molecule has 0 bridgehead atoms. The topological polar surface area (TPSA) is 53.3 Å². The van der Waals surface area contributed by atoms with Gasteiger partial charge in [-0.3, -0.25) is 9.69 Å². The molecule has 1 aliphatic rings. The van der Waals surface area contributed by atoms with Crippen LogP contribution in [0.4, 0.5) is 0 Å². The second-order valence-electron chi connectivity index (χ2n) is 4.11. The van der Waals surface area contributed by atoms with Crippen molar-refractivity contribution in [2.75, 3.05) is 13.7 Å². The van der Waals surface area contributed by atoms with Crippen molar-refractivity contribution in [3.63, 3.8) is 0 Å². The third-order valence-corrected chi connectivity index (χ3v) is 3.05. The Bertz CT molecular complexity index is 465. The van der Waals surface area contributed by atoms with Gasteiger partial charge in [0.05, 0.1) is 18.7 Å². The largest absolute Gasteiger partial charge is 0.468 e. The number of hydrogen-bond donors (Lipinski definition) is 0. The van der Waals surface area contributed by atoms with Crippen LogP contribution < -0.4 is 0 Å². The molecule has 0 aliphatic carbocycles. The Hall–Kier alpha value is -1.86. The molecule has 17 heavy (non-hydrogen) atoms. The van der Waals surface area contributed by atoms with Gasteiger partial charge in [0.15, 0.2) is 0 Å². The number of rotatable bonds is 3. The number of ether oxygens (including phenoxy) is 1. The Morgan fingerprint density at radius 2 is 2.47 bits per heavy atom. The van der Waals surface area contributed by atoms with E-state index in [0.29, 0.717) is 12.1 Å². The summed E-state index contributed by atoms with van der Waals surface area (Å²) < 4.78 is 4.73. The second-order valence-corrected chi connectivity index (χ2v) is 4.11. The summed E-state index contributed by atoms with van der Waals surface area (Å²) in [6.07, 6.45) is 0.852. The Morgan fingerprint density at radius 3 is 3.06 bits per heavy atom. The molecule has 2 rings (SSSR count). The molecule has 0 spiro atoms. The van der Waals surface area contributed by atoms with Gasteiger partial charge in [-0.1, -0.05) is 12.1 Å². The summed E-state index contributed by atoms with van der Waals surface area (Å²) in [7, 11) is 1.41. The van der Waals surface area contributed by atoms with Gasteiger partial charge in [-0.25, -0.2) is 0 Å². The second kappa shape index (κ2) is 4.98. The van der Waals surface area contributed by atoms with E-state index in [9.17, 15) is 4.79 Å². The number of likely N-dealkylation sites (tertiary alicyclic amines) is 1. The maximum absolute atomic E-state index is 11.4. The Morgan fingerprint density at radius 1 is 1.65 bits per heavy atom. The standard InChI is InChI=1S/C13H14N2O2/c1-17-13(16)12-5-6-15(12)9-11-4-2-3-10(7-11)8-14/h2-4,7,12H,5-6,9H2,1H3. The number of nitriles is 1. The van der Waals surface area contributed by atoms with Gasteiger partial charge in [-0.05, 0) is 24.1 Å². The summed E-state index contributed by atoms with van der Waals surface area (Å²) in [5.74, 6) is -0.173. The molecule has 1 unspecified atom stereocenters. The molecule has 1 aromatic carbocycles. The third kappa shape index (κ3) is 2.45. The van der Waals surface area contributed by atoms with Gasteiger partial charge < -0.3 is 4.74 Å². The average molecular weight is 230 g/mol. The zero-order valence-electron chi connectivity index (χ0n) is 9.72. The quantitative estimate of drug-likeness (QED) is 0.734. The van der Waals surface area contributed by atoms with Crippen LogP contribution in [0.25, 0.3) is 0 Å². The van der Waals surface area contributed by atoms with E-state index < -0.39 is 0 Å². The van der Waals surface area contributed by atoms with E-state index in [1.54, 1.807) is 6.07 Å². The van der Waals surface area contributed by atoms with Crippen molar-refractivity contribution in [1.82, 2.24) is 4.90 Å². The minimum atomic E-state index is -0.173. The molecule has 0 amide bonds. The first kappa shape index (κ1) is 11.6. The minimum absolute atomic E-state index is 0.120. The molecule has 1 aromatic rings. The number of esters is 1. The van der Waals surface area contributed by atoms with Crippen LogP contribution in [-0.4, -0.2) is 30.6 Å². The highest BCUT2D eigenvalue weighted by Crippen LogP contribution is 2.21. The highest BCUT2D eigenvalue weighted by atomic mass is 16.5. The van der Waals surface area contributed by atoms with Gasteiger partial charge in [0.1, 0.15) is 6.04 Å². The zero-order chi connectivity index (χ0) is 12.3. The fourth-order valence-electron chi connectivity index (χ4n) is 2.01. The summed E-state index contributed by atoms with van der Waals surface area (Å²) >= 11 is 0. The predicted molar refractivity (Wildman–Crippen MR) is 62.0 cm³/mol. The molecule has 4 heteroatoms. The Labute approximate surface area is 100 Å². The van der Waals surface area contributed by atoms with E-state index in [2.05, 4.69) is 11.0 Å². The van der Waals surface area contributed by atoms with E-state index in [1.165, 1.54) is 7.11 Å². The summed E-state index contributed by atoms with van der Waals surface area (Å²) in [6, 6.07) is 9.45. The zero-order valence-corrected chi connectivity index (χ0v) is 9.72. The van der Waals surface area contributed by atoms with Crippen LogP contribution in [0.1, 0.15) is 17.5 Å². The molecule has 4 nitrogen and oxygen atoms in total. The van der Waals surface area contributed by atoms with Gasteiger partial charge in [0, 0.05) is 13.1 Å². The van der Waals surface area contributed by atoms with Crippen molar-refractivity contribution in [3.8, 4) is 6.07 Å². The van der Waals surface area contributed by atoms with Crippen LogP contribution in [0.5, 0.6) is 0 Å². The lowest BCUT2D eigenvalue weighted by Crippen LogP contribution is -2.52. The highest BCUT2D eigenvalue weighted by Gasteiger charge is 2.34. The molecule has 1 fully saturated rings. The number of hydrogen-bond acceptors (Lipinski definition) is 4. The van der Waals surface area contributed by atoms with Gasteiger partial charge in [0.2, 0.25) is 0 Å². The van der Waals surface area contributed by atoms with Crippen molar-refractivity contribution < 1.29 is 9.53 Å². The summed E-state index contributed by atoms with van der Waals surface area (Å²) in [5.41, 5.74) is 1.70. The first-order chi connectivity index (χ1) is 8.24. The Balaban J connectivity index is 2.02. The monoisotopic (exact) mass is 230 g/mol. The molecular formula is C13H14N2O2. The van der Waals surface area contributed by atoms with E-state index >= 15 is 0 Å². The van der Waals surface area contributed by atoms with Crippen LogP contribution in [0.3, 0.4) is 0 Å². The molecule has 0 aromatic heterocycles. The molecule has 88 valence electrons. The molecule has 1 atom stereocenters. The lowest BCUT2D eigenvalue weighted by Gasteiger charge is -2.38. The van der Waals surface area contributed by atoms with Crippen molar-refractivity contribution in [3.05, 3.63) is 35.4 Å². The van der Waals surface area contributed by atoms with Gasteiger partial charge in [-0.15, -0.1) is 0 Å². The summed E-state index contributed by atoms with van der Waals surface area (Å²) in [4.78, 5) is 13.5. The SMILES string of the molecule is COC(=O)C1CCN1Cc1cccc(C#N)c1. The average Bonchev–Trinajstić information content (AvgIpc) is 2.34. The molecule has 1 saturated heterocycles. The van der Waals surface area contributed by atoms with Crippen LogP contribution in [0, 0.1) is 11.3 Å². The van der Waals surface area contributed by atoms with E-state index in [-0.39, 0.29) is 12.0 Å². The fraction of sp³-hybridized carbons (Fsp3) is 0.385. The minimum Gasteiger partial charge on any atom is -0.468 e. The molecular weight excluding hydrogens is 216 g/mol. The Kier molecular flexibility index (Phi) is 3.40. The third-order valence-electron chi connectivity index (χ3n) is 3.05. The first-order valence-electron chi connectivity index (χ1n) is 5.55. The number of carbonyl (C=O) groups excluding carboxylic acids is 1. The number of methoxy groups -OCH3 is 1. The lowest BCUT2D eigenvalue weighted by molar-refractivity contribution is -0.152. The highest BCUT2D eigenvalue weighted by molar-refractivity contribution is 5.76. The van der Waals surface area contributed by atoms with E-state index in [1.807, 2.05) is 18.2 Å². The maximum atomic E-state index is 11.4. The molecule has 1 aliphatic heterocycles. The van der Waals surface area contributed by atoms with Crippen molar-refractivity contribution in [1.29, 1.82) is 5.26 Å². The predicted octanol–water partition coefficient (Wildman–Crippen LogP) is 1.31. The maximum Gasteiger partial charge on any atom is 0.323 e. The lowest BCUT2D eigenvalue weighted by atomic mass is 10.0. The van der Waals surface area contributed by atoms with Crippen molar-refractivity contribution in [2.24, 2.45) is 0 Å². The van der Waals surface area contributed by atoms with E-state index in [4.69, 9.17) is 10.00 Å². The van der Waals surface area contributed by atoms with Gasteiger partial charge in [0.25, 0.3) is 0 Å². The number of carbonyl (C=O) groups is 1. The molecule has 0 saturated carbocycles. The van der Waals surface area contributed by atoms with Crippen molar-refractivity contribution >= 4 is 5.97 Å². The first-order valence-corrected chi connectivity index (χ1v) is 5.55. The van der Waals surface area contributed by atoms with Crippen LogP contribution in [0.15, 0.2) is 24.3 Å². The smallest absolute Gasteiger partial charge is 0.323 e. The summed E-state index contributed by atoms with van der Waals surface area (Å²) in [6.45, 7) is 1.59. The number of benzene rings is 1. The van der Waals surface area contributed by atoms with Crippen LogP contribution in [-0.2, 0) is 16.1 Å². The molecule has 0 N–H and O–H groups in total. The van der Waals surface area contributed by atoms with Crippen LogP contribution >= 0.6 is 0 Å². The summed E-state index contributed by atoms with van der Waals surface area (Å²) in [5, 5.41) is 8.81. The molecule has 1 heterocycles. The normalized spacial score (nSPS) is 19.2. The fourth-order valence-corrected chi connectivity index (χ4v) is 2.01. The van der Waals surface area contributed by atoms with Gasteiger partial charge >= 0.3 is 5.97 Å². The molecule has 0 radical (unpaired) electrons. The van der Waals surface area contributed by atoms with Crippen LogP contribution in [0.2, 0.25) is 0 Å². The number of nitrogens with zero attached hydrogens (tertiary/aromatic N) is 2. The van der Waals surface area contributed by atoms with E-state index in [0.717, 1.165) is 18.5 Å².